The zero-order chi connectivity index (χ0) is 23.6. The Hall–Kier alpha value is -4.31. The summed E-state index contributed by atoms with van der Waals surface area (Å²) in [6, 6.07) is 4.42. The van der Waals surface area contributed by atoms with Gasteiger partial charge in [-0.1, -0.05) is 11.6 Å². The van der Waals surface area contributed by atoms with Gasteiger partial charge in [-0.25, -0.2) is 9.67 Å². The highest BCUT2D eigenvalue weighted by molar-refractivity contribution is 6.32. The first-order valence-electron chi connectivity index (χ1n) is 9.08. The van der Waals surface area contributed by atoms with Crippen LogP contribution in [0.1, 0.15) is 21.6 Å². The Morgan fingerprint density at radius 3 is 2.55 bits per heavy atom. The Morgan fingerprint density at radius 1 is 1.12 bits per heavy atom. The molecule has 166 valence electrons. The van der Waals surface area contributed by atoms with Crippen molar-refractivity contribution in [2.75, 3.05) is 11.9 Å². The summed E-state index contributed by atoms with van der Waals surface area (Å²) in [5, 5.41) is 23.4. The number of Topliss-reactive ketones (excluding diaryl/α,β-unsaturated/α-hetero) is 1. The predicted octanol–water partition coefficient (Wildman–Crippen LogP) is 3.08. The van der Waals surface area contributed by atoms with Crippen LogP contribution in [0.3, 0.4) is 0 Å². The highest BCUT2D eigenvalue weighted by atomic mass is 35.5. The van der Waals surface area contributed by atoms with Gasteiger partial charge < -0.3 is 5.32 Å². The lowest BCUT2D eigenvalue weighted by atomic mass is 10.1. The molecule has 0 aliphatic carbocycles. The monoisotopic (exact) mass is 473 g/mol. The van der Waals surface area contributed by atoms with Crippen LogP contribution in [0, 0.1) is 11.3 Å². The molecule has 4 rings (SSSR count). The molecule has 4 aromatic rings. The number of nitriles is 1. The van der Waals surface area contributed by atoms with Crippen LogP contribution in [0.15, 0.2) is 49.3 Å². The summed E-state index contributed by atoms with van der Waals surface area (Å²) in [7, 11) is 0. The van der Waals surface area contributed by atoms with Gasteiger partial charge in [-0.3, -0.25) is 9.78 Å². The van der Waals surface area contributed by atoms with Crippen molar-refractivity contribution >= 4 is 23.1 Å². The quantitative estimate of drug-likeness (QED) is 0.423. The Balaban J connectivity index is 1.58. The fraction of sp³-hybridized carbons (Fsp3) is 0.105. The molecule has 0 atom stereocenters. The maximum Gasteiger partial charge on any atom is 0.434 e. The van der Waals surface area contributed by atoms with Crippen LogP contribution in [0.4, 0.5) is 18.9 Å². The van der Waals surface area contributed by atoms with Gasteiger partial charge in [0, 0.05) is 6.20 Å². The van der Waals surface area contributed by atoms with Crippen molar-refractivity contribution in [2.24, 2.45) is 0 Å². The van der Waals surface area contributed by atoms with Crippen LogP contribution in [0.2, 0.25) is 5.02 Å². The first-order valence-corrected chi connectivity index (χ1v) is 9.46. The van der Waals surface area contributed by atoms with Crippen molar-refractivity contribution in [1.82, 2.24) is 34.7 Å². The molecule has 10 nitrogen and oxygen atoms in total. The average Bonchev–Trinajstić information content (AvgIpc) is 3.47. The zero-order valence-electron chi connectivity index (χ0n) is 16.3. The molecule has 0 bridgehead atoms. The summed E-state index contributed by atoms with van der Waals surface area (Å²) in [5.41, 5.74) is -1.68. The summed E-state index contributed by atoms with van der Waals surface area (Å²) in [5.74, 6) is -0.626. The number of alkyl halides is 3. The van der Waals surface area contributed by atoms with Gasteiger partial charge in [0.15, 0.2) is 17.3 Å². The van der Waals surface area contributed by atoms with E-state index in [2.05, 4.69) is 30.6 Å². The molecule has 4 heterocycles. The number of rotatable bonds is 6. The maximum atomic E-state index is 13.8. The topological polar surface area (TPSA) is 127 Å². The number of hydrogen-bond donors (Lipinski definition) is 1. The minimum atomic E-state index is -4.90. The van der Waals surface area contributed by atoms with E-state index in [1.54, 1.807) is 6.07 Å². The van der Waals surface area contributed by atoms with Gasteiger partial charge in [-0.2, -0.15) is 33.7 Å². The van der Waals surface area contributed by atoms with Crippen LogP contribution < -0.4 is 5.32 Å². The summed E-state index contributed by atoms with van der Waals surface area (Å²) in [6.45, 7) is -0.483. The normalized spacial score (nSPS) is 11.2. The Bertz CT molecular complexity index is 1360. The van der Waals surface area contributed by atoms with E-state index in [0.29, 0.717) is 10.4 Å². The molecule has 1 N–H and O–H groups in total. The standard InChI is InChI=1S/C19H11ClF3N9O/c20-15-4-12(7-27-18(15)32-28-1-2-29-32)26-10-16(33)14-9-30-31(17(14)19(21,22)23)13-3-11(5-24)6-25-8-13/h1-4,6-9,26H,10H2. The molecule has 0 amide bonds. The van der Waals surface area contributed by atoms with Gasteiger partial charge in [0.25, 0.3) is 0 Å². The van der Waals surface area contributed by atoms with Gasteiger partial charge in [-0.15, -0.1) is 4.80 Å². The molecule has 0 spiro atoms. The fourth-order valence-electron chi connectivity index (χ4n) is 2.90. The van der Waals surface area contributed by atoms with E-state index in [1.807, 2.05) is 0 Å². The van der Waals surface area contributed by atoms with Crippen molar-refractivity contribution in [3.8, 4) is 17.6 Å². The van der Waals surface area contributed by atoms with E-state index in [-0.39, 0.29) is 22.1 Å². The highest BCUT2D eigenvalue weighted by Gasteiger charge is 2.40. The first kappa shape index (κ1) is 21.9. The molecule has 14 heteroatoms. The van der Waals surface area contributed by atoms with Crippen molar-refractivity contribution in [3.63, 3.8) is 0 Å². The van der Waals surface area contributed by atoms with Crippen molar-refractivity contribution < 1.29 is 18.0 Å². The number of hydrogen-bond acceptors (Lipinski definition) is 8. The second kappa shape index (κ2) is 8.67. The van der Waals surface area contributed by atoms with Gasteiger partial charge >= 0.3 is 6.18 Å². The summed E-state index contributed by atoms with van der Waals surface area (Å²) in [6.07, 6.45) is 2.45. The number of carbonyl (C=O) groups excluding carboxylic acids is 1. The number of nitrogens with zero attached hydrogens (tertiary/aromatic N) is 8. The molecule has 4 aromatic heterocycles. The lowest BCUT2D eigenvalue weighted by molar-refractivity contribution is -0.143. The molecule has 0 aromatic carbocycles. The minimum Gasteiger partial charge on any atom is -0.376 e. The first-order chi connectivity index (χ1) is 15.8. The van der Waals surface area contributed by atoms with Gasteiger partial charge in [0.2, 0.25) is 0 Å². The third-order valence-corrected chi connectivity index (χ3v) is 4.60. The van der Waals surface area contributed by atoms with Crippen LogP contribution in [-0.4, -0.2) is 47.1 Å². The van der Waals surface area contributed by atoms with Crippen molar-refractivity contribution in [2.45, 2.75) is 6.18 Å². The summed E-state index contributed by atoms with van der Waals surface area (Å²) in [4.78, 5) is 21.7. The Labute approximate surface area is 188 Å². The van der Waals surface area contributed by atoms with Crippen molar-refractivity contribution in [1.29, 1.82) is 5.26 Å². The fourth-order valence-corrected chi connectivity index (χ4v) is 3.14. The molecule has 0 saturated carbocycles. The van der Waals surface area contributed by atoms with Gasteiger partial charge in [-0.05, 0) is 12.1 Å². The van der Waals surface area contributed by atoms with E-state index < -0.39 is 29.8 Å². The Morgan fingerprint density at radius 2 is 1.88 bits per heavy atom. The Kier molecular flexibility index (Phi) is 5.76. The number of aromatic nitrogens is 7. The number of nitrogens with one attached hydrogen (secondary N) is 1. The van der Waals surface area contributed by atoms with Crippen LogP contribution in [-0.2, 0) is 6.18 Å². The average molecular weight is 474 g/mol. The number of anilines is 1. The molecular formula is C19H11ClF3N9O. The minimum absolute atomic E-state index is 0.0452. The molecule has 0 unspecified atom stereocenters. The molecule has 0 fully saturated rings. The van der Waals surface area contributed by atoms with E-state index in [9.17, 15) is 18.0 Å². The summed E-state index contributed by atoms with van der Waals surface area (Å²) < 4.78 is 41.9. The van der Waals surface area contributed by atoms with E-state index in [4.69, 9.17) is 16.9 Å². The molecule has 0 aliphatic heterocycles. The van der Waals surface area contributed by atoms with Crippen LogP contribution >= 0.6 is 11.6 Å². The zero-order valence-corrected chi connectivity index (χ0v) is 17.1. The molecule has 33 heavy (non-hydrogen) atoms. The maximum absolute atomic E-state index is 13.8. The lowest BCUT2D eigenvalue weighted by Crippen LogP contribution is -2.21. The number of carbonyl (C=O) groups is 1. The molecule has 0 saturated heterocycles. The van der Waals surface area contributed by atoms with E-state index in [0.717, 1.165) is 12.4 Å². The van der Waals surface area contributed by atoms with E-state index >= 15 is 0 Å². The second-order valence-electron chi connectivity index (χ2n) is 6.48. The molecule has 0 radical (unpaired) electrons. The number of pyridine rings is 2. The van der Waals surface area contributed by atoms with Gasteiger partial charge in [0.1, 0.15) is 6.07 Å². The third kappa shape index (κ3) is 4.51. The molecular weight excluding hydrogens is 463 g/mol. The van der Waals surface area contributed by atoms with Crippen molar-refractivity contribution in [3.05, 3.63) is 71.2 Å². The largest absolute Gasteiger partial charge is 0.434 e. The number of halogens is 4. The smallest absolute Gasteiger partial charge is 0.376 e. The highest BCUT2D eigenvalue weighted by Crippen LogP contribution is 2.34. The van der Waals surface area contributed by atoms with Crippen LogP contribution in [0.25, 0.3) is 11.5 Å². The second-order valence-corrected chi connectivity index (χ2v) is 6.89. The SMILES string of the molecule is N#Cc1cncc(-n2ncc(C(=O)CNc3cnc(-n4nccn4)c(Cl)c3)c2C(F)(F)F)c1. The van der Waals surface area contributed by atoms with E-state index in [1.165, 1.54) is 41.7 Å². The lowest BCUT2D eigenvalue weighted by Gasteiger charge is -2.13. The predicted molar refractivity (Wildman–Crippen MR) is 108 cm³/mol. The molecule has 0 aliphatic rings. The van der Waals surface area contributed by atoms with Crippen LogP contribution in [0.5, 0.6) is 0 Å². The third-order valence-electron chi connectivity index (χ3n) is 4.32. The number of ketones is 1. The summed E-state index contributed by atoms with van der Waals surface area (Å²) >= 11 is 6.15. The van der Waals surface area contributed by atoms with Gasteiger partial charge in [0.05, 0.1) is 65.1 Å².